The largest absolute Gasteiger partial charge is 0.496 e. The molecule has 1 aliphatic heterocycles. The monoisotopic (exact) mass is 401 g/mol. The minimum atomic E-state index is 0.0963. The lowest BCUT2D eigenvalue weighted by molar-refractivity contribution is 0.0747. The average Bonchev–Trinajstić information content (AvgIpc) is 2.83. The van der Waals surface area contributed by atoms with Gasteiger partial charge >= 0.3 is 0 Å². The molecule has 5 nitrogen and oxygen atoms in total. The Bertz CT molecular complexity index is 965. The van der Waals surface area contributed by atoms with Crippen molar-refractivity contribution in [1.29, 1.82) is 0 Å². The van der Waals surface area contributed by atoms with Gasteiger partial charge in [-0.1, -0.05) is 36.4 Å². The summed E-state index contributed by atoms with van der Waals surface area (Å²) in [6.07, 6.45) is 0. The van der Waals surface area contributed by atoms with E-state index in [1.807, 2.05) is 59.5 Å². The number of para-hydroxylation sites is 2. The first-order valence-corrected chi connectivity index (χ1v) is 10.3. The Labute approximate surface area is 177 Å². The van der Waals surface area contributed by atoms with Crippen LogP contribution in [0.3, 0.4) is 0 Å². The molecule has 1 N–H and O–H groups in total. The van der Waals surface area contributed by atoms with Gasteiger partial charge in [0, 0.05) is 55.2 Å². The van der Waals surface area contributed by atoms with Crippen LogP contribution in [0.5, 0.6) is 5.75 Å². The first-order valence-electron chi connectivity index (χ1n) is 10.3. The van der Waals surface area contributed by atoms with Crippen LogP contribution in [-0.2, 0) is 6.54 Å². The highest BCUT2D eigenvalue weighted by atomic mass is 16.5. The summed E-state index contributed by atoms with van der Waals surface area (Å²) in [7, 11) is 1.68. The van der Waals surface area contributed by atoms with Gasteiger partial charge in [0.05, 0.1) is 7.11 Å². The maximum Gasteiger partial charge on any atom is 0.253 e. The molecule has 0 unspecified atom stereocenters. The zero-order chi connectivity index (χ0) is 20.8. The van der Waals surface area contributed by atoms with Crippen LogP contribution < -0.4 is 15.0 Å². The summed E-state index contributed by atoms with van der Waals surface area (Å²) in [6.45, 7) is 3.85. The van der Waals surface area contributed by atoms with Crippen molar-refractivity contribution >= 4 is 17.3 Å². The van der Waals surface area contributed by atoms with Gasteiger partial charge in [-0.05, 0) is 42.5 Å². The molecule has 0 radical (unpaired) electrons. The second-order valence-electron chi connectivity index (χ2n) is 7.36. The standard InChI is InChI=1S/C25H27N3O2/c1-30-24-10-6-5-7-21(24)19-26-22-13-11-20(12-14-22)25(29)28-17-15-27(16-18-28)23-8-3-2-4-9-23/h2-14,26H,15-19H2,1H3. The molecule has 3 aromatic rings. The van der Waals surface area contributed by atoms with E-state index < -0.39 is 0 Å². The molecule has 30 heavy (non-hydrogen) atoms. The van der Waals surface area contributed by atoms with Crippen molar-refractivity contribution < 1.29 is 9.53 Å². The number of benzene rings is 3. The average molecular weight is 402 g/mol. The van der Waals surface area contributed by atoms with Crippen LogP contribution in [0.4, 0.5) is 11.4 Å². The Morgan fingerprint density at radius 3 is 2.23 bits per heavy atom. The van der Waals surface area contributed by atoms with Crippen molar-refractivity contribution in [3.8, 4) is 5.75 Å². The van der Waals surface area contributed by atoms with Gasteiger partial charge < -0.3 is 19.9 Å². The van der Waals surface area contributed by atoms with E-state index in [4.69, 9.17) is 4.74 Å². The predicted molar refractivity (Wildman–Crippen MR) is 121 cm³/mol. The zero-order valence-electron chi connectivity index (χ0n) is 17.3. The van der Waals surface area contributed by atoms with E-state index >= 15 is 0 Å². The summed E-state index contributed by atoms with van der Waals surface area (Å²) < 4.78 is 5.39. The van der Waals surface area contributed by atoms with Gasteiger partial charge in [-0.15, -0.1) is 0 Å². The smallest absolute Gasteiger partial charge is 0.253 e. The molecule has 1 saturated heterocycles. The fourth-order valence-corrected chi connectivity index (χ4v) is 3.77. The van der Waals surface area contributed by atoms with E-state index in [-0.39, 0.29) is 5.91 Å². The molecule has 154 valence electrons. The molecule has 4 rings (SSSR count). The third kappa shape index (κ3) is 4.57. The molecular weight excluding hydrogens is 374 g/mol. The molecule has 1 aliphatic rings. The van der Waals surface area contributed by atoms with Crippen LogP contribution in [0, 0.1) is 0 Å². The molecule has 1 fully saturated rings. The molecule has 0 spiro atoms. The molecule has 0 aliphatic carbocycles. The number of hydrogen-bond donors (Lipinski definition) is 1. The van der Waals surface area contributed by atoms with Gasteiger partial charge in [-0.25, -0.2) is 0 Å². The van der Waals surface area contributed by atoms with Crippen LogP contribution in [0.25, 0.3) is 0 Å². The fourth-order valence-electron chi connectivity index (χ4n) is 3.77. The van der Waals surface area contributed by atoms with Crippen LogP contribution in [0.2, 0.25) is 0 Å². The quantitative estimate of drug-likeness (QED) is 0.670. The first-order chi connectivity index (χ1) is 14.7. The lowest BCUT2D eigenvalue weighted by Crippen LogP contribution is -2.48. The normalized spacial score (nSPS) is 13.8. The van der Waals surface area contributed by atoms with E-state index in [0.29, 0.717) is 6.54 Å². The Hall–Kier alpha value is -3.47. The highest BCUT2D eigenvalue weighted by Crippen LogP contribution is 2.20. The van der Waals surface area contributed by atoms with Crippen molar-refractivity contribution in [1.82, 2.24) is 4.90 Å². The van der Waals surface area contributed by atoms with Gasteiger partial charge in [0.25, 0.3) is 5.91 Å². The van der Waals surface area contributed by atoms with Crippen molar-refractivity contribution in [2.75, 3.05) is 43.5 Å². The summed E-state index contributed by atoms with van der Waals surface area (Å²) in [5.74, 6) is 0.963. The number of piperazine rings is 1. The summed E-state index contributed by atoms with van der Waals surface area (Å²) in [6, 6.07) is 26.0. The van der Waals surface area contributed by atoms with E-state index in [2.05, 4.69) is 34.5 Å². The van der Waals surface area contributed by atoms with E-state index in [0.717, 1.165) is 48.7 Å². The summed E-state index contributed by atoms with van der Waals surface area (Å²) >= 11 is 0. The second kappa shape index (κ2) is 9.35. The van der Waals surface area contributed by atoms with Crippen molar-refractivity contribution in [3.63, 3.8) is 0 Å². The van der Waals surface area contributed by atoms with Gasteiger partial charge in [-0.2, -0.15) is 0 Å². The number of ether oxygens (including phenoxy) is 1. The molecule has 5 heteroatoms. The van der Waals surface area contributed by atoms with E-state index in [1.165, 1.54) is 5.69 Å². The minimum Gasteiger partial charge on any atom is -0.496 e. The third-order valence-corrected chi connectivity index (χ3v) is 5.50. The number of carbonyl (C=O) groups is 1. The van der Waals surface area contributed by atoms with Crippen molar-refractivity contribution in [3.05, 3.63) is 90.0 Å². The minimum absolute atomic E-state index is 0.0963. The molecule has 0 atom stereocenters. The number of carbonyl (C=O) groups excluding carboxylic acids is 1. The number of nitrogens with one attached hydrogen (secondary N) is 1. The lowest BCUT2D eigenvalue weighted by atomic mass is 10.1. The maximum atomic E-state index is 12.9. The lowest BCUT2D eigenvalue weighted by Gasteiger charge is -2.36. The number of anilines is 2. The Balaban J connectivity index is 1.32. The highest BCUT2D eigenvalue weighted by Gasteiger charge is 2.22. The van der Waals surface area contributed by atoms with Crippen molar-refractivity contribution in [2.45, 2.75) is 6.54 Å². The number of nitrogens with zero attached hydrogens (tertiary/aromatic N) is 2. The summed E-state index contributed by atoms with van der Waals surface area (Å²) in [4.78, 5) is 17.2. The SMILES string of the molecule is COc1ccccc1CNc1ccc(C(=O)N2CCN(c3ccccc3)CC2)cc1. The third-order valence-electron chi connectivity index (χ3n) is 5.50. The number of rotatable bonds is 6. The Kier molecular flexibility index (Phi) is 6.18. The summed E-state index contributed by atoms with van der Waals surface area (Å²) in [5.41, 5.74) is 4.02. The number of methoxy groups -OCH3 is 1. The number of amides is 1. The highest BCUT2D eigenvalue weighted by molar-refractivity contribution is 5.94. The first kappa shape index (κ1) is 19.8. The zero-order valence-corrected chi connectivity index (χ0v) is 17.3. The second-order valence-corrected chi connectivity index (χ2v) is 7.36. The topological polar surface area (TPSA) is 44.8 Å². The molecule has 3 aromatic carbocycles. The van der Waals surface area contributed by atoms with Crippen LogP contribution in [-0.4, -0.2) is 44.1 Å². The predicted octanol–water partition coefficient (Wildman–Crippen LogP) is 4.27. The van der Waals surface area contributed by atoms with Gasteiger partial charge in [-0.3, -0.25) is 4.79 Å². The van der Waals surface area contributed by atoms with Crippen LogP contribution >= 0.6 is 0 Å². The Morgan fingerprint density at radius 2 is 1.53 bits per heavy atom. The van der Waals surface area contributed by atoms with E-state index in [9.17, 15) is 4.79 Å². The van der Waals surface area contributed by atoms with Gasteiger partial charge in [0.15, 0.2) is 0 Å². The Morgan fingerprint density at radius 1 is 0.867 bits per heavy atom. The van der Waals surface area contributed by atoms with Gasteiger partial charge in [0.2, 0.25) is 0 Å². The summed E-state index contributed by atoms with van der Waals surface area (Å²) in [5, 5.41) is 3.39. The maximum absolute atomic E-state index is 12.9. The number of hydrogen-bond acceptors (Lipinski definition) is 4. The van der Waals surface area contributed by atoms with Crippen LogP contribution in [0.1, 0.15) is 15.9 Å². The molecule has 1 heterocycles. The molecular formula is C25H27N3O2. The molecule has 0 saturated carbocycles. The fraction of sp³-hybridized carbons (Fsp3) is 0.240. The molecule has 0 bridgehead atoms. The van der Waals surface area contributed by atoms with E-state index in [1.54, 1.807) is 7.11 Å². The van der Waals surface area contributed by atoms with Gasteiger partial charge in [0.1, 0.15) is 5.75 Å². The molecule has 1 amide bonds. The molecule has 0 aromatic heterocycles. The van der Waals surface area contributed by atoms with Crippen LogP contribution in [0.15, 0.2) is 78.9 Å². The van der Waals surface area contributed by atoms with Crippen molar-refractivity contribution in [2.24, 2.45) is 0 Å².